The Kier molecular flexibility index (Phi) is 5.69. The number of hydrogen-bond donors (Lipinski definition) is 2. The van der Waals surface area contributed by atoms with Crippen LogP contribution in [0, 0.1) is 0 Å². The van der Waals surface area contributed by atoms with Gasteiger partial charge in [0.25, 0.3) is 0 Å². The van der Waals surface area contributed by atoms with Crippen LogP contribution in [0.1, 0.15) is 25.3 Å². The summed E-state index contributed by atoms with van der Waals surface area (Å²) in [5.41, 5.74) is 7.94. The Hall–Kier alpha value is -0.780. The lowest BCUT2D eigenvalue weighted by atomic mass is 10.1. The molecule has 1 unspecified atom stereocenters. The van der Waals surface area contributed by atoms with Crippen LogP contribution in [0.3, 0.4) is 0 Å². The zero-order valence-electron chi connectivity index (χ0n) is 12.2. The predicted molar refractivity (Wildman–Crippen MR) is 92.9 cm³/mol. The molecule has 0 aromatic heterocycles. The topological polar surface area (TPSA) is 41.3 Å². The van der Waals surface area contributed by atoms with E-state index < -0.39 is 0 Å². The van der Waals surface area contributed by atoms with Crippen LogP contribution in [0.4, 0.5) is 5.69 Å². The highest BCUT2D eigenvalue weighted by Crippen LogP contribution is 2.27. The molecule has 110 valence electrons. The van der Waals surface area contributed by atoms with Gasteiger partial charge in [0.05, 0.1) is 0 Å². The van der Waals surface area contributed by atoms with Crippen LogP contribution in [-0.4, -0.2) is 41.8 Å². The first-order valence-electron chi connectivity index (χ1n) is 7.12. The summed E-state index contributed by atoms with van der Waals surface area (Å²) in [6, 6.07) is 6.82. The fourth-order valence-corrected chi connectivity index (χ4v) is 3.80. The fraction of sp³-hybridized carbons (Fsp3) is 0.533. The van der Waals surface area contributed by atoms with Gasteiger partial charge in [-0.15, -0.1) is 11.8 Å². The molecule has 0 bridgehead atoms. The van der Waals surface area contributed by atoms with Crippen LogP contribution in [0.25, 0.3) is 0 Å². The SMILES string of the molecule is CCN1CCCC1CNc1cccc(SC)c1C(N)=S. The molecule has 20 heavy (non-hydrogen) atoms. The fourth-order valence-electron chi connectivity index (χ4n) is 2.87. The average molecular weight is 310 g/mol. The Morgan fingerprint density at radius 2 is 2.35 bits per heavy atom. The number of likely N-dealkylation sites (tertiary alicyclic amines) is 1. The van der Waals surface area contributed by atoms with Crippen LogP contribution in [-0.2, 0) is 0 Å². The summed E-state index contributed by atoms with van der Waals surface area (Å²) in [5.74, 6) is 0. The Balaban J connectivity index is 2.11. The van der Waals surface area contributed by atoms with Crippen LogP contribution in [0.5, 0.6) is 0 Å². The molecule has 0 saturated carbocycles. The number of nitrogens with one attached hydrogen (secondary N) is 1. The third kappa shape index (κ3) is 3.45. The molecule has 0 aliphatic carbocycles. The van der Waals surface area contributed by atoms with E-state index in [1.165, 1.54) is 19.4 Å². The number of rotatable bonds is 6. The zero-order valence-corrected chi connectivity index (χ0v) is 13.8. The quantitative estimate of drug-likeness (QED) is 0.624. The second-order valence-electron chi connectivity index (χ2n) is 5.05. The van der Waals surface area contributed by atoms with E-state index in [-0.39, 0.29) is 0 Å². The smallest absolute Gasteiger partial charge is 0.107 e. The molecular formula is C15H23N3S2. The van der Waals surface area contributed by atoms with E-state index in [0.717, 1.165) is 29.2 Å². The van der Waals surface area contributed by atoms with E-state index in [1.54, 1.807) is 11.8 Å². The zero-order chi connectivity index (χ0) is 14.5. The molecule has 1 fully saturated rings. The van der Waals surface area contributed by atoms with Crippen molar-refractivity contribution in [1.29, 1.82) is 0 Å². The lowest BCUT2D eigenvalue weighted by Gasteiger charge is -2.24. The van der Waals surface area contributed by atoms with Crippen molar-refractivity contribution in [2.24, 2.45) is 5.73 Å². The van der Waals surface area contributed by atoms with E-state index in [0.29, 0.717) is 11.0 Å². The van der Waals surface area contributed by atoms with Gasteiger partial charge in [-0.2, -0.15) is 0 Å². The van der Waals surface area contributed by atoms with E-state index in [9.17, 15) is 0 Å². The normalized spacial score (nSPS) is 19.2. The maximum absolute atomic E-state index is 5.90. The second kappa shape index (κ2) is 7.29. The average Bonchev–Trinajstić information content (AvgIpc) is 2.91. The Labute approximate surface area is 131 Å². The van der Waals surface area contributed by atoms with Gasteiger partial charge in [0, 0.05) is 28.7 Å². The first kappa shape index (κ1) is 15.6. The lowest BCUT2D eigenvalue weighted by Crippen LogP contribution is -2.35. The van der Waals surface area contributed by atoms with Gasteiger partial charge in [0.2, 0.25) is 0 Å². The summed E-state index contributed by atoms with van der Waals surface area (Å²) < 4.78 is 0. The van der Waals surface area contributed by atoms with Gasteiger partial charge < -0.3 is 11.1 Å². The highest BCUT2D eigenvalue weighted by atomic mass is 32.2. The van der Waals surface area contributed by atoms with Crippen molar-refractivity contribution < 1.29 is 0 Å². The number of benzene rings is 1. The Morgan fingerprint density at radius 3 is 3.00 bits per heavy atom. The van der Waals surface area contributed by atoms with Crippen molar-refractivity contribution >= 4 is 34.7 Å². The van der Waals surface area contributed by atoms with Crippen LogP contribution < -0.4 is 11.1 Å². The summed E-state index contributed by atoms with van der Waals surface area (Å²) in [6.45, 7) is 5.53. The number of anilines is 1. The van der Waals surface area contributed by atoms with Crippen LogP contribution in [0.2, 0.25) is 0 Å². The molecule has 2 rings (SSSR count). The van der Waals surface area contributed by atoms with Gasteiger partial charge in [-0.05, 0) is 44.3 Å². The molecule has 1 saturated heterocycles. The van der Waals surface area contributed by atoms with Gasteiger partial charge in [0.15, 0.2) is 0 Å². The van der Waals surface area contributed by atoms with Gasteiger partial charge in [0.1, 0.15) is 4.99 Å². The molecule has 1 aromatic carbocycles. The second-order valence-corrected chi connectivity index (χ2v) is 6.34. The molecule has 1 heterocycles. The molecule has 0 radical (unpaired) electrons. The first-order chi connectivity index (χ1) is 9.67. The molecule has 3 N–H and O–H groups in total. The predicted octanol–water partition coefficient (Wildman–Crippen LogP) is 2.94. The molecule has 1 atom stereocenters. The summed E-state index contributed by atoms with van der Waals surface area (Å²) in [5, 5.41) is 3.55. The minimum Gasteiger partial charge on any atom is -0.389 e. The number of nitrogens with two attached hydrogens (primary N) is 1. The van der Waals surface area contributed by atoms with Gasteiger partial charge in [-0.1, -0.05) is 25.2 Å². The number of nitrogens with zero attached hydrogens (tertiary/aromatic N) is 1. The Morgan fingerprint density at radius 1 is 1.55 bits per heavy atom. The third-order valence-electron chi connectivity index (χ3n) is 3.93. The van der Waals surface area contributed by atoms with Crippen molar-refractivity contribution in [3.63, 3.8) is 0 Å². The maximum atomic E-state index is 5.90. The monoisotopic (exact) mass is 309 g/mol. The molecule has 5 heteroatoms. The van der Waals surface area contributed by atoms with Crippen molar-refractivity contribution in [3.05, 3.63) is 23.8 Å². The van der Waals surface area contributed by atoms with Gasteiger partial charge >= 0.3 is 0 Å². The molecular weight excluding hydrogens is 286 g/mol. The number of thioether (sulfide) groups is 1. The lowest BCUT2D eigenvalue weighted by molar-refractivity contribution is 0.277. The van der Waals surface area contributed by atoms with Crippen LogP contribution in [0.15, 0.2) is 23.1 Å². The minimum atomic E-state index is 0.469. The molecule has 1 aliphatic heterocycles. The number of hydrogen-bond acceptors (Lipinski definition) is 4. The summed E-state index contributed by atoms with van der Waals surface area (Å²) in [6.07, 6.45) is 4.62. The Bertz CT molecular complexity index is 476. The molecule has 1 aliphatic rings. The largest absolute Gasteiger partial charge is 0.389 e. The standard InChI is InChI=1S/C15H23N3S2/c1-3-18-9-5-6-11(18)10-17-12-7-4-8-13(20-2)14(12)15(16)19/h4,7-8,11,17H,3,5-6,9-10H2,1-2H3,(H2,16,19). The summed E-state index contributed by atoms with van der Waals surface area (Å²) in [4.78, 5) is 4.14. The third-order valence-corrected chi connectivity index (χ3v) is 4.91. The van der Waals surface area contributed by atoms with Gasteiger partial charge in [-0.25, -0.2) is 0 Å². The highest BCUT2D eigenvalue weighted by molar-refractivity contribution is 7.98. The minimum absolute atomic E-state index is 0.469. The summed E-state index contributed by atoms with van der Waals surface area (Å²) in [7, 11) is 0. The molecule has 0 spiro atoms. The van der Waals surface area contributed by atoms with Crippen molar-refractivity contribution in [1.82, 2.24) is 4.90 Å². The molecule has 1 aromatic rings. The first-order valence-corrected chi connectivity index (χ1v) is 8.75. The highest BCUT2D eigenvalue weighted by Gasteiger charge is 2.23. The van der Waals surface area contributed by atoms with E-state index in [4.69, 9.17) is 18.0 Å². The number of thiocarbonyl (C=S) groups is 1. The van der Waals surface area contributed by atoms with Crippen molar-refractivity contribution in [3.8, 4) is 0 Å². The van der Waals surface area contributed by atoms with E-state index in [2.05, 4.69) is 41.6 Å². The maximum Gasteiger partial charge on any atom is 0.107 e. The number of likely N-dealkylation sites (N-methyl/N-ethyl adjacent to an activating group) is 1. The molecule has 3 nitrogen and oxygen atoms in total. The van der Waals surface area contributed by atoms with Crippen molar-refractivity contribution in [2.45, 2.75) is 30.7 Å². The molecule has 0 amide bonds. The van der Waals surface area contributed by atoms with Gasteiger partial charge in [-0.3, -0.25) is 4.90 Å². The van der Waals surface area contributed by atoms with Crippen molar-refractivity contribution in [2.75, 3.05) is 31.2 Å². The van der Waals surface area contributed by atoms with E-state index in [1.807, 2.05) is 0 Å². The van der Waals surface area contributed by atoms with Crippen LogP contribution >= 0.6 is 24.0 Å². The van der Waals surface area contributed by atoms with E-state index >= 15 is 0 Å². The summed E-state index contributed by atoms with van der Waals surface area (Å²) >= 11 is 6.90.